The Bertz CT molecular complexity index is 739. The molecule has 0 aliphatic heterocycles. The fourth-order valence-corrected chi connectivity index (χ4v) is 4.10. The van der Waals surface area contributed by atoms with Gasteiger partial charge in [-0.2, -0.15) is 5.10 Å². The zero-order valence-electron chi connectivity index (χ0n) is 15.1. The average molecular weight is 360 g/mol. The Morgan fingerprint density at radius 2 is 2.04 bits per heavy atom. The maximum Gasteiger partial charge on any atom is 0.137 e. The summed E-state index contributed by atoms with van der Waals surface area (Å²) in [7, 11) is 0. The number of hydrogen-bond donors (Lipinski definition) is 1. The summed E-state index contributed by atoms with van der Waals surface area (Å²) in [5.41, 5.74) is 0.930. The van der Waals surface area contributed by atoms with Crippen molar-refractivity contribution in [3.63, 3.8) is 0 Å². The molecule has 2 aromatic rings. The van der Waals surface area contributed by atoms with Crippen LogP contribution in [0.25, 0.3) is 6.08 Å². The van der Waals surface area contributed by atoms with Gasteiger partial charge in [0.1, 0.15) is 18.3 Å². The van der Waals surface area contributed by atoms with Crippen molar-refractivity contribution in [3.05, 3.63) is 53.1 Å². The van der Waals surface area contributed by atoms with Crippen LogP contribution in [-0.4, -0.2) is 25.5 Å². The van der Waals surface area contributed by atoms with Gasteiger partial charge in [0.25, 0.3) is 0 Å². The van der Waals surface area contributed by atoms with E-state index >= 15 is 0 Å². The van der Waals surface area contributed by atoms with Crippen LogP contribution in [-0.2, 0) is 6.54 Å². The predicted molar refractivity (Wildman–Crippen MR) is 101 cm³/mol. The van der Waals surface area contributed by atoms with Crippen molar-refractivity contribution in [1.82, 2.24) is 14.8 Å². The van der Waals surface area contributed by atoms with Crippen LogP contribution >= 0.6 is 11.6 Å². The normalized spacial score (nSPS) is 28.6. The molecule has 1 saturated carbocycles. The summed E-state index contributed by atoms with van der Waals surface area (Å²) in [6, 6.07) is 7.75. The van der Waals surface area contributed by atoms with E-state index in [2.05, 4.69) is 36.9 Å². The summed E-state index contributed by atoms with van der Waals surface area (Å²) in [6.45, 7) is 7.00. The van der Waals surface area contributed by atoms with Crippen molar-refractivity contribution >= 4 is 17.7 Å². The Morgan fingerprint density at radius 1 is 1.32 bits per heavy atom. The van der Waals surface area contributed by atoms with Crippen LogP contribution < -0.4 is 0 Å². The molecular weight excluding hydrogens is 334 g/mol. The van der Waals surface area contributed by atoms with Gasteiger partial charge in [-0.1, -0.05) is 50.6 Å². The van der Waals surface area contributed by atoms with Gasteiger partial charge < -0.3 is 5.11 Å². The molecule has 0 spiro atoms. The highest BCUT2D eigenvalue weighted by molar-refractivity contribution is 6.30. The van der Waals surface area contributed by atoms with E-state index in [1.165, 1.54) is 6.33 Å². The van der Waals surface area contributed by atoms with Crippen LogP contribution in [0.2, 0.25) is 5.02 Å². The highest BCUT2D eigenvalue weighted by Gasteiger charge is 2.53. The van der Waals surface area contributed by atoms with E-state index in [1.54, 1.807) is 11.0 Å². The molecule has 1 N–H and O–H groups in total. The van der Waals surface area contributed by atoms with Crippen LogP contribution in [0.15, 0.2) is 42.5 Å². The summed E-state index contributed by atoms with van der Waals surface area (Å²) >= 11 is 6.00. The molecule has 0 saturated heterocycles. The minimum Gasteiger partial charge on any atom is -0.383 e. The van der Waals surface area contributed by atoms with Crippen molar-refractivity contribution in [2.75, 3.05) is 0 Å². The maximum atomic E-state index is 11.9. The number of aliphatic hydroxyl groups is 1. The number of benzene rings is 1. The highest BCUT2D eigenvalue weighted by Crippen LogP contribution is 2.52. The lowest BCUT2D eigenvalue weighted by Crippen LogP contribution is -2.55. The van der Waals surface area contributed by atoms with E-state index in [9.17, 15) is 5.11 Å². The van der Waals surface area contributed by atoms with Gasteiger partial charge in [0.15, 0.2) is 0 Å². The molecule has 0 radical (unpaired) electrons. The molecule has 2 unspecified atom stereocenters. The molecule has 1 aromatic carbocycles. The minimum absolute atomic E-state index is 0.227. The van der Waals surface area contributed by atoms with Gasteiger partial charge in [-0.3, -0.25) is 0 Å². The molecule has 1 aliphatic rings. The highest BCUT2D eigenvalue weighted by atomic mass is 35.5. The third-order valence-electron chi connectivity index (χ3n) is 5.96. The van der Waals surface area contributed by atoms with E-state index in [0.29, 0.717) is 12.5 Å². The first-order valence-electron chi connectivity index (χ1n) is 8.86. The molecular formula is C20H26ClN3O. The first-order valence-corrected chi connectivity index (χ1v) is 9.24. The topological polar surface area (TPSA) is 50.9 Å². The predicted octanol–water partition coefficient (Wildman–Crippen LogP) is 4.59. The number of aromatic nitrogens is 3. The SMILES string of the molecule is CC(C)C1(C)CCCC(=Cc2ccc(Cl)cc2)C1(O)Cn1cncn1. The van der Waals surface area contributed by atoms with E-state index in [4.69, 9.17) is 11.6 Å². The van der Waals surface area contributed by atoms with E-state index in [0.717, 1.165) is 35.4 Å². The largest absolute Gasteiger partial charge is 0.383 e. The molecule has 1 aromatic heterocycles. The number of nitrogens with zero attached hydrogens (tertiary/aromatic N) is 3. The summed E-state index contributed by atoms with van der Waals surface area (Å²) in [6.07, 6.45) is 8.26. The molecule has 5 heteroatoms. The van der Waals surface area contributed by atoms with Crippen molar-refractivity contribution < 1.29 is 5.11 Å². The molecule has 0 bridgehead atoms. The summed E-state index contributed by atoms with van der Waals surface area (Å²) in [5.74, 6) is 0.343. The fourth-order valence-electron chi connectivity index (χ4n) is 3.98. The Hall–Kier alpha value is -1.65. The van der Waals surface area contributed by atoms with Gasteiger partial charge in [-0.15, -0.1) is 0 Å². The molecule has 3 rings (SSSR count). The Morgan fingerprint density at radius 3 is 2.64 bits per heavy atom. The third-order valence-corrected chi connectivity index (χ3v) is 6.21. The smallest absolute Gasteiger partial charge is 0.137 e. The second kappa shape index (κ2) is 6.93. The summed E-state index contributed by atoms with van der Waals surface area (Å²) in [5, 5.41) is 16.9. The van der Waals surface area contributed by atoms with Gasteiger partial charge >= 0.3 is 0 Å². The molecule has 1 heterocycles. The molecule has 25 heavy (non-hydrogen) atoms. The molecule has 0 amide bonds. The van der Waals surface area contributed by atoms with E-state index in [1.807, 2.05) is 24.3 Å². The van der Waals surface area contributed by atoms with Crippen LogP contribution in [0.5, 0.6) is 0 Å². The van der Waals surface area contributed by atoms with Crippen LogP contribution in [0.4, 0.5) is 0 Å². The van der Waals surface area contributed by atoms with Crippen molar-refractivity contribution in [2.45, 2.75) is 52.2 Å². The second-order valence-corrected chi connectivity index (χ2v) is 8.04. The van der Waals surface area contributed by atoms with Crippen LogP contribution in [0.3, 0.4) is 0 Å². The van der Waals surface area contributed by atoms with E-state index < -0.39 is 5.60 Å². The lowest BCUT2D eigenvalue weighted by molar-refractivity contribution is -0.103. The van der Waals surface area contributed by atoms with Gasteiger partial charge in [-0.05, 0) is 48.4 Å². The van der Waals surface area contributed by atoms with Gasteiger partial charge in [0, 0.05) is 10.4 Å². The van der Waals surface area contributed by atoms with Crippen molar-refractivity contribution in [1.29, 1.82) is 0 Å². The number of rotatable bonds is 4. The molecule has 1 aliphatic carbocycles. The van der Waals surface area contributed by atoms with Gasteiger partial charge in [-0.25, -0.2) is 9.67 Å². The number of halogens is 1. The Labute approximate surface area is 154 Å². The molecule has 2 atom stereocenters. The van der Waals surface area contributed by atoms with Gasteiger partial charge in [0.05, 0.1) is 6.54 Å². The quantitative estimate of drug-likeness (QED) is 0.868. The van der Waals surface area contributed by atoms with Crippen LogP contribution in [0.1, 0.15) is 45.6 Å². The van der Waals surface area contributed by atoms with Crippen molar-refractivity contribution in [2.24, 2.45) is 11.3 Å². The zero-order chi connectivity index (χ0) is 18.1. The first kappa shape index (κ1) is 18.2. The lowest BCUT2D eigenvalue weighted by atomic mass is 9.56. The monoisotopic (exact) mass is 359 g/mol. The van der Waals surface area contributed by atoms with Gasteiger partial charge in [0.2, 0.25) is 0 Å². The Kier molecular flexibility index (Phi) is 5.03. The lowest BCUT2D eigenvalue weighted by Gasteiger charge is -2.52. The zero-order valence-corrected chi connectivity index (χ0v) is 15.9. The summed E-state index contributed by atoms with van der Waals surface area (Å²) < 4.78 is 1.74. The average Bonchev–Trinajstić information content (AvgIpc) is 3.07. The van der Waals surface area contributed by atoms with Crippen molar-refractivity contribution in [3.8, 4) is 0 Å². The fraction of sp³-hybridized carbons (Fsp3) is 0.500. The minimum atomic E-state index is -0.966. The summed E-state index contributed by atoms with van der Waals surface area (Å²) in [4.78, 5) is 4.04. The molecule has 4 nitrogen and oxygen atoms in total. The third kappa shape index (κ3) is 3.38. The second-order valence-electron chi connectivity index (χ2n) is 7.60. The standard InChI is InChI=1S/C20H26ClN3O/c1-15(2)19(3)10-4-5-17(11-16-6-8-18(21)9-7-16)20(19,25)12-24-14-22-13-23-24/h6-9,11,13-15,25H,4-5,10,12H2,1-3H3. The number of hydrogen-bond acceptors (Lipinski definition) is 3. The first-order chi connectivity index (χ1) is 11.8. The maximum absolute atomic E-state index is 11.9. The molecule has 134 valence electrons. The van der Waals surface area contributed by atoms with Crippen LogP contribution in [0, 0.1) is 11.3 Å². The van der Waals surface area contributed by atoms with E-state index in [-0.39, 0.29) is 5.41 Å². The Balaban J connectivity index is 2.06. The molecule has 1 fully saturated rings.